The number of hydrogen-bond acceptors (Lipinski definition) is 4. The molecule has 0 aliphatic rings. The molecule has 1 rings (SSSR count). The van der Waals surface area contributed by atoms with Gasteiger partial charge in [-0.3, -0.25) is 11.3 Å². The molecule has 0 radical (unpaired) electrons. The lowest BCUT2D eigenvalue weighted by atomic mass is 10.00. The molecular weight excluding hydrogens is 208 g/mol. The highest BCUT2D eigenvalue weighted by molar-refractivity contribution is 7.09. The number of nitrogens with two attached hydrogens (primary N) is 1. The van der Waals surface area contributed by atoms with Gasteiger partial charge in [0, 0.05) is 24.6 Å². The molecular formula is C11H20N2OS. The third-order valence-electron chi connectivity index (χ3n) is 2.40. The van der Waals surface area contributed by atoms with E-state index in [0.717, 1.165) is 19.4 Å². The largest absolute Gasteiger partial charge is 0.384 e. The summed E-state index contributed by atoms with van der Waals surface area (Å²) in [6, 6.07) is 4.57. The lowest BCUT2D eigenvalue weighted by Gasteiger charge is -2.19. The van der Waals surface area contributed by atoms with Gasteiger partial charge in [-0.15, -0.1) is 11.3 Å². The van der Waals surface area contributed by atoms with Gasteiger partial charge in [0.05, 0.1) is 0 Å². The molecule has 0 saturated carbocycles. The summed E-state index contributed by atoms with van der Waals surface area (Å²) in [7, 11) is 1.74. The summed E-state index contributed by atoms with van der Waals surface area (Å²) in [5.41, 5.74) is 2.88. The summed E-state index contributed by atoms with van der Waals surface area (Å²) in [6.45, 7) is 2.98. The van der Waals surface area contributed by atoms with Crippen molar-refractivity contribution in [2.75, 3.05) is 13.7 Å². The van der Waals surface area contributed by atoms with E-state index >= 15 is 0 Å². The Morgan fingerprint density at radius 2 is 2.40 bits per heavy atom. The first kappa shape index (κ1) is 12.6. The van der Waals surface area contributed by atoms with Crippen molar-refractivity contribution in [3.8, 4) is 0 Å². The Hall–Kier alpha value is -0.420. The van der Waals surface area contributed by atoms with Crippen molar-refractivity contribution in [1.82, 2.24) is 5.43 Å². The maximum absolute atomic E-state index is 5.55. The molecule has 2 atom stereocenters. The SMILES string of the molecule is COCC(C)CC(Cc1cccs1)NN. The highest BCUT2D eigenvalue weighted by Crippen LogP contribution is 2.15. The van der Waals surface area contributed by atoms with Crippen LogP contribution >= 0.6 is 11.3 Å². The van der Waals surface area contributed by atoms with Gasteiger partial charge in [-0.2, -0.15) is 0 Å². The van der Waals surface area contributed by atoms with E-state index in [2.05, 4.69) is 29.9 Å². The maximum atomic E-state index is 5.55. The molecule has 0 aliphatic heterocycles. The smallest absolute Gasteiger partial charge is 0.0488 e. The fourth-order valence-electron chi connectivity index (χ4n) is 1.72. The predicted molar refractivity (Wildman–Crippen MR) is 64.8 cm³/mol. The van der Waals surface area contributed by atoms with E-state index in [1.807, 2.05) is 0 Å². The van der Waals surface area contributed by atoms with Crippen molar-refractivity contribution >= 4 is 11.3 Å². The molecule has 86 valence electrons. The Balaban J connectivity index is 2.35. The highest BCUT2D eigenvalue weighted by Gasteiger charge is 2.12. The van der Waals surface area contributed by atoms with Crippen molar-refractivity contribution in [2.45, 2.75) is 25.8 Å². The molecule has 0 fully saturated rings. The summed E-state index contributed by atoms with van der Waals surface area (Å²) in [5.74, 6) is 6.09. The maximum Gasteiger partial charge on any atom is 0.0488 e. The van der Waals surface area contributed by atoms with Gasteiger partial charge in [0.15, 0.2) is 0 Å². The third kappa shape index (κ3) is 4.75. The summed E-state index contributed by atoms with van der Waals surface area (Å²) in [4.78, 5) is 1.38. The van der Waals surface area contributed by atoms with Crippen LogP contribution in [0.5, 0.6) is 0 Å². The topological polar surface area (TPSA) is 47.3 Å². The molecule has 1 heterocycles. The number of rotatable bonds is 7. The molecule has 4 heteroatoms. The second kappa shape index (κ2) is 6.95. The van der Waals surface area contributed by atoms with E-state index in [-0.39, 0.29) is 0 Å². The van der Waals surface area contributed by atoms with Gasteiger partial charge in [-0.25, -0.2) is 0 Å². The first-order chi connectivity index (χ1) is 7.26. The summed E-state index contributed by atoms with van der Waals surface area (Å²) in [6.07, 6.45) is 2.05. The summed E-state index contributed by atoms with van der Waals surface area (Å²) >= 11 is 1.78. The minimum Gasteiger partial charge on any atom is -0.384 e. The zero-order valence-electron chi connectivity index (χ0n) is 9.40. The van der Waals surface area contributed by atoms with Crippen molar-refractivity contribution in [3.05, 3.63) is 22.4 Å². The summed E-state index contributed by atoms with van der Waals surface area (Å²) < 4.78 is 5.12. The van der Waals surface area contributed by atoms with E-state index in [9.17, 15) is 0 Å². The number of methoxy groups -OCH3 is 1. The van der Waals surface area contributed by atoms with Crippen LogP contribution in [0.15, 0.2) is 17.5 Å². The summed E-state index contributed by atoms with van der Waals surface area (Å²) in [5, 5.41) is 2.10. The molecule has 0 spiro atoms. The normalized spacial score (nSPS) is 15.1. The van der Waals surface area contributed by atoms with Crippen LogP contribution in [0.4, 0.5) is 0 Å². The first-order valence-corrected chi connectivity index (χ1v) is 6.11. The van der Waals surface area contributed by atoms with Crippen LogP contribution in [0.1, 0.15) is 18.2 Å². The Morgan fingerprint density at radius 1 is 1.60 bits per heavy atom. The minimum absolute atomic E-state index is 0.341. The lowest BCUT2D eigenvalue weighted by Crippen LogP contribution is -2.38. The molecule has 3 nitrogen and oxygen atoms in total. The minimum atomic E-state index is 0.341. The van der Waals surface area contributed by atoms with Gasteiger partial charge in [-0.05, 0) is 30.2 Å². The quantitative estimate of drug-likeness (QED) is 0.552. The Kier molecular flexibility index (Phi) is 5.86. The molecule has 0 aromatic carbocycles. The van der Waals surface area contributed by atoms with Crippen LogP contribution < -0.4 is 11.3 Å². The van der Waals surface area contributed by atoms with E-state index in [0.29, 0.717) is 12.0 Å². The van der Waals surface area contributed by atoms with Crippen molar-refractivity contribution in [2.24, 2.45) is 11.8 Å². The Labute approximate surface area is 95.6 Å². The third-order valence-corrected chi connectivity index (χ3v) is 3.30. The molecule has 2 unspecified atom stereocenters. The van der Waals surface area contributed by atoms with Crippen LogP contribution in [-0.2, 0) is 11.2 Å². The van der Waals surface area contributed by atoms with E-state index in [1.54, 1.807) is 18.4 Å². The average Bonchev–Trinajstić information content (AvgIpc) is 2.70. The van der Waals surface area contributed by atoms with E-state index in [1.165, 1.54) is 4.88 Å². The molecule has 0 saturated heterocycles. The number of hydrogen-bond donors (Lipinski definition) is 2. The van der Waals surface area contributed by atoms with Crippen LogP contribution in [0.2, 0.25) is 0 Å². The van der Waals surface area contributed by atoms with Gasteiger partial charge in [0.1, 0.15) is 0 Å². The number of thiophene rings is 1. The van der Waals surface area contributed by atoms with Gasteiger partial charge < -0.3 is 4.74 Å². The zero-order chi connectivity index (χ0) is 11.1. The van der Waals surface area contributed by atoms with Crippen molar-refractivity contribution < 1.29 is 4.74 Å². The first-order valence-electron chi connectivity index (χ1n) is 5.23. The second-order valence-corrected chi connectivity index (χ2v) is 4.98. The number of nitrogens with one attached hydrogen (secondary N) is 1. The predicted octanol–water partition coefficient (Wildman–Crippen LogP) is 1.80. The number of hydrazine groups is 1. The van der Waals surface area contributed by atoms with Gasteiger partial charge in [0.25, 0.3) is 0 Å². The van der Waals surface area contributed by atoms with Crippen LogP contribution in [0.25, 0.3) is 0 Å². The molecule has 1 aromatic heterocycles. The van der Waals surface area contributed by atoms with E-state index in [4.69, 9.17) is 10.6 Å². The molecule has 15 heavy (non-hydrogen) atoms. The molecule has 1 aromatic rings. The van der Waals surface area contributed by atoms with E-state index < -0.39 is 0 Å². The van der Waals surface area contributed by atoms with Crippen molar-refractivity contribution in [1.29, 1.82) is 0 Å². The Bertz CT molecular complexity index is 251. The van der Waals surface area contributed by atoms with Crippen LogP contribution in [0, 0.1) is 5.92 Å². The number of ether oxygens (including phenoxy) is 1. The highest BCUT2D eigenvalue weighted by atomic mass is 32.1. The monoisotopic (exact) mass is 228 g/mol. The standard InChI is InChI=1S/C11H20N2OS/c1-9(8-14-2)6-10(13-12)7-11-4-3-5-15-11/h3-5,9-10,13H,6-8,12H2,1-2H3. The Morgan fingerprint density at radius 3 is 2.93 bits per heavy atom. The fourth-order valence-corrected chi connectivity index (χ4v) is 2.51. The molecule has 0 bridgehead atoms. The van der Waals surface area contributed by atoms with Gasteiger partial charge >= 0.3 is 0 Å². The molecule has 0 amide bonds. The molecule has 3 N–H and O–H groups in total. The van der Waals surface area contributed by atoms with Crippen LogP contribution in [0.3, 0.4) is 0 Å². The second-order valence-electron chi connectivity index (χ2n) is 3.94. The van der Waals surface area contributed by atoms with Crippen molar-refractivity contribution in [3.63, 3.8) is 0 Å². The van der Waals surface area contributed by atoms with Gasteiger partial charge in [0.2, 0.25) is 0 Å². The fraction of sp³-hybridized carbons (Fsp3) is 0.636. The molecule has 0 aliphatic carbocycles. The van der Waals surface area contributed by atoms with Crippen LogP contribution in [-0.4, -0.2) is 19.8 Å². The lowest BCUT2D eigenvalue weighted by molar-refractivity contribution is 0.149. The average molecular weight is 228 g/mol. The van der Waals surface area contributed by atoms with Gasteiger partial charge in [-0.1, -0.05) is 13.0 Å². The zero-order valence-corrected chi connectivity index (χ0v) is 10.2.